The van der Waals surface area contributed by atoms with Gasteiger partial charge in [-0.1, -0.05) is 39.0 Å². The summed E-state index contributed by atoms with van der Waals surface area (Å²) >= 11 is 0. The largest absolute Gasteiger partial charge is 0.487 e. The monoisotopic (exact) mass is 417 g/mol. The third-order valence-corrected chi connectivity index (χ3v) is 4.88. The first-order chi connectivity index (χ1) is 14.5. The first kappa shape index (κ1) is 22.0. The Labute approximate surface area is 181 Å². The number of nitrogens with one attached hydrogen (secondary N) is 1. The molecule has 31 heavy (non-hydrogen) atoms. The van der Waals surface area contributed by atoms with Crippen LogP contribution in [0.5, 0.6) is 5.75 Å². The fourth-order valence-electron chi connectivity index (χ4n) is 3.50. The highest BCUT2D eigenvalue weighted by Crippen LogP contribution is 2.40. The van der Waals surface area contributed by atoms with Crippen LogP contribution in [0.2, 0.25) is 0 Å². The van der Waals surface area contributed by atoms with Crippen molar-refractivity contribution in [1.29, 1.82) is 0 Å². The minimum Gasteiger partial charge on any atom is -0.487 e. The molecule has 1 atom stereocenters. The highest BCUT2D eigenvalue weighted by Gasteiger charge is 2.29. The molecule has 0 aliphatic rings. The van der Waals surface area contributed by atoms with Crippen LogP contribution in [-0.4, -0.2) is 30.6 Å². The molecule has 1 aromatic carbocycles. The number of rotatable bonds is 6. The number of benzene rings is 1. The molecular formula is C23H27N7O. The molecule has 0 amide bonds. The SMILES string of the molecule is CC(C)(C)C(c1ccc(OCc2ccccn2)cc1)c1ccc(-c2nn[nH]n2)cn1.N. The van der Waals surface area contributed by atoms with Gasteiger partial charge in [-0.05, 0) is 52.6 Å². The quantitative estimate of drug-likeness (QED) is 0.470. The van der Waals surface area contributed by atoms with Crippen LogP contribution in [0.25, 0.3) is 11.4 Å². The van der Waals surface area contributed by atoms with Gasteiger partial charge < -0.3 is 10.9 Å². The number of H-pyrrole nitrogens is 1. The molecule has 3 aromatic heterocycles. The Balaban J connectivity index is 0.00000272. The molecule has 4 aromatic rings. The Morgan fingerprint density at radius 2 is 1.77 bits per heavy atom. The zero-order valence-electron chi connectivity index (χ0n) is 18.0. The normalized spacial score (nSPS) is 12.1. The molecule has 8 heteroatoms. The van der Waals surface area contributed by atoms with E-state index in [0.717, 1.165) is 22.7 Å². The summed E-state index contributed by atoms with van der Waals surface area (Å²) < 4.78 is 5.87. The summed E-state index contributed by atoms with van der Waals surface area (Å²) in [6.45, 7) is 7.11. The van der Waals surface area contributed by atoms with E-state index in [0.29, 0.717) is 12.4 Å². The lowest BCUT2D eigenvalue weighted by Gasteiger charge is -2.31. The summed E-state index contributed by atoms with van der Waals surface area (Å²) in [6, 6.07) is 18.1. The molecule has 0 radical (unpaired) electrons. The van der Waals surface area contributed by atoms with Gasteiger partial charge in [-0.2, -0.15) is 5.21 Å². The predicted molar refractivity (Wildman–Crippen MR) is 119 cm³/mol. The van der Waals surface area contributed by atoms with E-state index >= 15 is 0 Å². The van der Waals surface area contributed by atoms with Crippen LogP contribution < -0.4 is 10.9 Å². The highest BCUT2D eigenvalue weighted by molar-refractivity contribution is 5.52. The van der Waals surface area contributed by atoms with Gasteiger partial charge in [0.15, 0.2) is 0 Å². The van der Waals surface area contributed by atoms with Gasteiger partial charge in [0, 0.05) is 29.6 Å². The van der Waals surface area contributed by atoms with Gasteiger partial charge in [-0.15, -0.1) is 10.2 Å². The van der Waals surface area contributed by atoms with Crippen LogP contribution in [0.1, 0.15) is 43.6 Å². The third kappa shape index (κ3) is 5.29. The molecule has 0 saturated heterocycles. The van der Waals surface area contributed by atoms with Gasteiger partial charge in [0.2, 0.25) is 5.82 Å². The summed E-state index contributed by atoms with van der Waals surface area (Å²) in [4.78, 5) is 9.00. The van der Waals surface area contributed by atoms with Crippen molar-refractivity contribution >= 4 is 0 Å². The lowest BCUT2D eigenvalue weighted by atomic mass is 9.74. The molecule has 0 bridgehead atoms. The zero-order chi connectivity index (χ0) is 21.0. The second-order valence-electron chi connectivity index (χ2n) is 8.18. The predicted octanol–water partition coefficient (Wildman–Crippen LogP) is 4.58. The van der Waals surface area contributed by atoms with Crippen molar-refractivity contribution in [3.63, 3.8) is 0 Å². The topological polar surface area (TPSA) is 124 Å². The van der Waals surface area contributed by atoms with Crippen molar-refractivity contribution in [3.05, 3.63) is 83.9 Å². The number of tetrazole rings is 1. The van der Waals surface area contributed by atoms with E-state index in [2.05, 4.69) is 58.5 Å². The number of nitrogens with zero attached hydrogens (tertiary/aromatic N) is 5. The number of pyridine rings is 2. The fourth-order valence-corrected chi connectivity index (χ4v) is 3.50. The standard InChI is InChI=1S/C23H24N6O.H3N/c1-23(2,3)21(20-12-9-17(14-25-20)22-26-28-29-27-22)16-7-10-19(11-8-16)30-15-18-6-4-5-13-24-18;/h4-14,21H,15H2,1-3H3,(H,26,27,28,29);1H3. The lowest BCUT2D eigenvalue weighted by molar-refractivity contribution is 0.300. The van der Waals surface area contributed by atoms with Crippen LogP contribution in [0.4, 0.5) is 0 Å². The average Bonchev–Trinajstić information content (AvgIpc) is 3.29. The Morgan fingerprint density at radius 3 is 2.35 bits per heavy atom. The summed E-state index contributed by atoms with van der Waals surface area (Å²) in [5.74, 6) is 1.48. The second-order valence-corrected chi connectivity index (χ2v) is 8.18. The number of hydrogen-bond donors (Lipinski definition) is 2. The molecule has 0 saturated carbocycles. The molecule has 0 aliphatic heterocycles. The molecule has 8 nitrogen and oxygen atoms in total. The van der Waals surface area contributed by atoms with Crippen molar-refractivity contribution in [1.82, 2.24) is 36.7 Å². The molecule has 1 unspecified atom stereocenters. The first-order valence-electron chi connectivity index (χ1n) is 9.83. The number of ether oxygens (including phenoxy) is 1. The third-order valence-electron chi connectivity index (χ3n) is 4.88. The smallest absolute Gasteiger partial charge is 0.206 e. The Hall–Kier alpha value is -3.65. The highest BCUT2D eigenvalue weighted by atomic mass is 16.5. The van der Waals surface area contributed by atoms with Crippen LogP contribution in [-0.2, 0) is 6.61 Å². The van der Waals surface area contributed by atoms with Gasteiger partial charge in [0.1, 0.15) is 12.4 Å². The number of aromatic amines is 1. The summed E-state index contributed by atoms with van der Waals surface area (Å²) in [5.41, 5.74) is 3.90. The second kappa shape index (κ2) is 9.44. The zero-order valence-corrected chi connectivity index (χ0v) is 18.0. The van der Waals surface area contributed by atoms with Gasteiger partial charge in [-0.3, -0.25) is 9.97 Å². The molecule has 4 rings (SSSR count). The molecule has 0 spiro atoms. The van der Waals surface area contributed by atoms with Gasteiger partial charge in [-0.25, -0.2) is 0 Å². The lowest BCUT2D eigenvalue weighted by Crippen LogP contribution is -2.20. The van der Waals surface area contributed by atoms with Crippen molar-refractivity contribution in [2.45, 2.75) is 33.3 Å². The van der Waals surface area contributed by atoms with Crippen molar-refractivity contribution in [3.8, 4) is 17.1 Å². The van der Waals surface area contributed by atoms with Crippen molar-refractivity contribution < 1.29 is 4.74 Å². The van der Waals surface area contributed by atoms with Gasteiger partial charge in [0.05, 0.1) is 5.69 Å². The molecule has 0 aliphatic carbocycles. The average molecular weight is 418 g/mol. The van der Waals surface area contributed by atoms with E-state index in [1.165, 1.54) is 5.56 Å². The van der Waals surface area contributed by atoms with Crippen LogP contribution in [0.3, 0.4) is 0 Å². The van der Waals surface area contributed by atoms with E-state index in [4.69, 9.17) is 9.72 Å². The molecule has 3 heterocycles. The summed E-state index contributed by atoms with van der Waals surface area (Å²) in [5, 5.41) is 14.1. The number of hydrogen-bond acceptors (Lipinski definition) is 7. The minimum absolute atomic E-state index is 0. The fraction of sp³-hybridized carbons (Fsp3) is 0.261. The molecule has 160 valence electrons. The number of aromatic nitrogens is 6. The van der Waals surface area contributed by atoms with Crippen LogP contribution in [0.15, 0.2) is 67.0 Å². The Morgan fingerprint density at radius 1 is 0.968 bits per heavy atom. The van der Waals surface area contributed by atoms with E-state index < -0.39 is 0 Å². The molecule has 4 N–H and O–H groups in total. The Bertz CT molecular complexity index is 1060. The van der Waals surface area contributed by atoms with Crippen molar-refractivity contribution in [2.24, 2.45) is 5.41 Å². The maximum Gasteiger partial charge on any atom is 0.206 e. The molecule has 0 fully saturated rings. The summed E-state index contributed by atoms with van der Waals surface area (Å²) in [7, 11) is 0. The van der Waals surface area contributed by atoms with Crippen LogP contribution in [0, 0.1) is 5.41 Å². The van der Waals surface area contributed by atoms with E-state index in [9.17, 15) is 0 Å². The Kier molecular flexibility index (Phi) is 6.71. The summed E-state index contributed by atoms with van der Waals surface area (Å²) in [6.07, 6.45) is 3.57. The van der Waals surface area contributed by atoms with E-state index in [-0.39, 0.29) is 17.5 Å². The maximum atomic E-state index is 5.87. The van der Waals surface area contributed by atoms with Gasteiger partial charge >= 0.3 is 0 Å². The van der Waals surface area contributed by atoms with E-state index in [1.807, 2.05) is 42.5 Å². The van der Waals surface area contributed by atoms with Crippen LogP contribution >= 0.6 is 0 Å². The van der Waals surface area contributed by atoms with E-state index in [1.54, 1.807) is 12.4 Å². The van der Waals surface area contributed by atoms with Crippen molar-refractivity contribution in [2.75, 3.05) is 0 Å². The van der Waals surface area contributed by atoms with Gasteiger partial charge in [0.25, 0.3) is 0 Å². The minimum atomic E-state index is -0.0169. The first-order valence-corrected chi connectivity index (χ1v) is 9.83. The molecular weight excluding hydrogens is 390 g/mol. The maximum absolute atomic E-state index is 5.87.